The van der Waals surface area contributed by atoms with E-state index in [-0.39, 0.29) is 42.3 Å². The molecule has 3 unspecified atom stereocenters. The Morgan fingerprint density at radius 2 is 1.63 bits per heavy atom. The van der Waals surface area contributed by atoms with Gasteiger partial charge in [0, 0.05) is 56.1 Å². The van der Waals surface area contributed by atoms with Crippen molar-refractivity contribution in [2.24, 2.45) is 11.3 Å². The number of piperidine rings is 2. The van der Waals surface area contributed by atoms with E-state index in [0.717, 1.165) is 103 Å². The number of nitrogens with zero attached hydrogens (tertiary/aromatic N) is 5. The average Bonchev–Trinajstić information content (AvgIpc) is 3.42. The molecule has 3 atom stereocenters. The Kier molecular flexibility index (Phi) is 9.25. The van der Waals surface area contributed by atoms with Gasteiger partial charge in [0.2, 0.25) is 17.7 Å². The van der Waals surface area contributed by atoms with E-state index >= 15 is 0 Å². The maximum Gasteiger partial charge on any atom is 0.237 e. The van der Waals surface area contributed by atoms with Gasteiger partial charge in [-0.1, -0.05) is 0 Å². The van der Waals surface area contributed by atoms with E-state index in [1.165, 1.54) is 4.90 Å². The molecule has 3 aliphatic carbocycles. The number of halogens is 1. The molecular formula is C31H49FN6O3. The second-order valence-corrected chi connectivity index (χ2v) is 13.3. The number of likely N-dealkylation sites (tertiary alicyclic amines) is 3. The zero-order valence-electron chi connectivity index (χ0n) is 25.1. The summed E-state index contributed by atoms with van der Waals surface area (Å²) in [5, 5.41) is 12.8. The SMILES string of the molecule is CCN(CC)C(=O)C1CCCN(C2CCN(C(=O)C34CCC(NCC(=O)N5CC(F)CC5C#N)(CC3)CC4)CC2)C1. The number of carbonyl (C=O) groups is 3. The maximum atomic E-state index is 13.9. The summed E-state index contributed by atoms with van der Waals surface area (Å²) >= 11 is 0. The zero-order chi connectivity index (χ0) is 29.2. The lowest BCUT2D eigenvalue weighted by molar-refractivity contribution is -0.152. The van der Waals surface area contributed by atoms with Crippen molar-refractivity contribution >= 4 is 17.7 Å². The van der Waals surface area contributed by atoms with Crippen LogP contribution >= 0.6 is 0 Å². The van der Waals surface area contributed by atoms with Gasteiger partial charge >= 0.3 is 0 Å². The van der Waals surface area contributed by atoms with Gasteiger partial charge < -0.3 is 20.0 Å². The number of carbonyl (C=O) groups excluding carboxylic acids is 3. The monoisotopic (exact) mass is 572 g/mol. The van der Waals surface area contributed by atoms with Crippen LogP contribution in [-0.2, 0) is 14.4 Å². The van der Waals surface area contributed by atoms with E-state index in [1.807, 2.05) is 4.90 Å². The fourth-order valence-corrected chi connectivity index (χ4v) is 8.42. The van der Waals surface area contributed by atoms with Crippen LogP contribution in [0.25, 0.3) is 0 Å². The molecule has 3 aliphatic heterocycles. The van der Waals surface area contributed by atoms with Gasteiger partial charge in [-0.2, -0.15) is 5.26 Å². The number of amides is 3. The molecule has 0 radical (unpaired) electrons. The van der Waals surface area contributed by atoms with E-state index in [1.54, 1.807) is 0 Å². The van der Waals surface area contributed by atoms with Gasteiger partial charge in [0.1, 0.15) is 12.2 Å². The van der Waals surface area contributed by atoms with Crippen LogP contribution in [0.15, 0.2) is 0 Å². The molecule has 6 aliphatic rings. The summed E-state index contributed by atoms with van der Waals surface area (Å²) in [6.07, 6.45) is 8.08. The second kappa shape index (κ2) is 12.5. The molecule has 2 bridgehead atoms. The first-order valence-corrected chi connectivity index (χ1v) is 16.1. The van der Waals surface area contributed by atoms with Crippen LogP contribution in [0.3, 0.4) is 0 Å². The predicted molar refractivity (Wildman–Crippen MR) is 153 cm³/mol. The van der Waals surface area contributed by atoms with Crippen molar-refractivity contribution < 1.29 is 18.8 Å². The number of hydrogen-bond donors (Lipinski definition) is 1. The molecule has 0 aromatic carbocycles. The summed E-state index contributed by atoms with van der Waals surface area (Å²) in [5.74, 6) is 0.507. The molecule has 41 heavy (non-hydrogen) atoms. The molecule has 6 rings (SSSR count). The zero-order valence-corrected chi connectivity index (χ0v) is 25.1. The Labute approximate surface area is 244 Å². The summed E-state index contributed by atoms with van der Waals surface area (Å²) < 4.78 is 13.8. The van der Waals surface area contributed by atoms with Gasteiger partial charge in [0.25, 0.3) is 0 Å². The van der Waals surface area contributed by atoms with Gasteiger partial charge in [-0.05, 0) is 84.6 Å². The number of nitrogens with one attached hydrogen (secondary N) is 1. The molecule has 0 aromatic heterocycles. The number of alkyl halides is 1. The van der Waals surface area contributed by atoms with Crippen molar-refractivity contribution in [3.05, 3.63) is 0 Å². The van der Waals surface area contributed by atoms with E-state index < -0.39 is 12.2 Å². The lowest BCUT2D eigenvalue weighted by Gasteiger charge is -2.54. The largest absolute Gasteiger partial charge is 0.343 e. The molecule has 9 nitrogen and oxygen atoms in total. The highest BCUT2D eigenvalue weighted by molar-refractivity contribution is 5.83. The van der Waals surface area contributed by atoms with Crippen molar-refractivity contribution in [1.82, 2.24) is 24.9 Å². The van der Waals surface area contributed by atoms with Gasteiger partial charge in [-0.25, -0.2) is 4.39 Å². The van der Waals surface area contributed by atoms with E-state index in [0.29, 0.717) is 17.9 Å². The smallest absolute Gasteiger partial charge is 0.237 e. The van der Waals surface area contributed by atoms with Crippen LogP contribution in [-0.4, -0.2) is 113 Å². The molecule has 3 amide bonds. The van der Waals surface area contributed by atoms with Crippen LogP contribution in [0.5, 0.6) is 0 Å². The van der Waals surface area contributed by atoms with Crippen molar-refractivity contribution in [3.63, 3.8) is 0 Å². The Morgan fingerprint density at radius 1 is 0.976 bits per heavy atom. The van der Waals surface area contributed by atoms with Crippen molar-refractivity contribution in [3.8, 4) is 6.07 Å². The molecule has 3 heterocycles. The van der Waals surface area contributed by atoms with Crippen LogP contribution in [0.1, 0.15) is 84.5 Å². The summed E-state index contributed by atoms with van der Waals surface area (Å²) in [6, 6.07) is 1.83. The molecule has 0 spiro atoms. The highest BCUT2D eigenvalue weighted by Gasteiger charge is 2.53. The minimum absolute atomic E-state index is 0.00677. The van der Waals surface area contributed by atoms with Crippen LogP contribution in [0.4, 0.5) is 4.39 Å². The van der Waals surface area contributed by atoms with Gasteiger partial charge in [-0.15, -0.1) is 0 Å². The first-order chi connectivity index (χ1) is 19.7. The molecule has 0 aromatic rings. The third-order valence-corrected chi connectivity index (χ3v) is 11.2. The summed E-state index contributed by atoms with van der Waals surface area (Å²) in [4.78, 5) is 47.6. The number of nitriles is 1. The third-order valence-electron chi connectivity index (χ3n) is 11.2. The van der Waals surface area contributed by atoms with Gasteiger partial charge in [0.15, 0.2) is 0 Å². The molecule has 3 saturated heterocycles. The molecular weight excluding hydrogens is 523 g/mol. The van der Waals surface area contributed by atoms with Gasteiger partial charge in [-0.3, -0.25) is 19.3 Å². The molecule has 6 fully saturated rings. The predicted octanol–water partition coefficient (Wildman–Crippen LogP) is 2.70. The quantitative estimate of drug-likeness (QED) is 0.480. The van der Waals surface area contributed by atoms with Crippen molar-refractivity contribution in [2.45, 2.75) is 108 Å². The standard InChI is InChI=1S/C31H49FN6O3/c1-3-35(4-2)28(40)23-6-5-15-37(21-23)25-7-16-36(17-8-25)29(41)30-9-12-31(13-10-30,14-11-30)34-20-27(39)38-22-24(32)18-26(38)19-33/h23-26,34H,3-18,20-22H2,1-2H3. The summed E-state index contributed by atoms with van der Waals surface area (Å²) in [7, 11) is 0. The molecule has 10 heteroatoms. The lowest BCUT2D eigenvalue weighted by atomic mass is 9.56. The minimum Gasteiger partial charge on any atom is -0.343 e. The Bertz CT molecular complexity index is 995. The number of fused-ring (bicyclic) bond motifs is 3. The van der Waals surface area contributed by atoms with Crippen molar-refractivity contribution in [2.75, 3.05) is 52.4 Å². The lowest BCUT2D eigenvalue weighted by Crippen LogP contribution is -2.61. The first-order valence-electron chi connectivity index (χ1n) is 16.1. The highest BCUT2D eigenvalue weighted by atomic mass is 19.1. The van der Waals surface area contributed by atoms with E-state index in [4.69, 9.17) is 0 Å². The second-order valence-electron chi connectivity index (χ2n) is 13.3. The van der Waals surface area contributed by atoms with Gasteiger partial charge in [0.05, 0.1) is 25.1 Å². The first kappa shape index (κ1) is 30.2. The molecule has 3 saturated carbocycles. The number of hydrogen-bond acceptors (Lipinski definition) is 6. The van der Waals surface area contributed by atoms with Crippen LogP contribution in [0, 0.1) is 22.7 Å². The van der Waals surface area contributed by atoms with Crippen molar-refractivity contribution in [1.29, 1.82) is 5.26 Å². The minimum atomic E-state index is -1.12. The summed E-state index contributed by atoms with van der Waals surface area (Å²) in [5.41, 5.74) is -0.427. The normalized spacial score (nSPS) is 34.4. The van der Waals surface area contributed by atoms with Crippen LogP contribution in [0.2, 0.25) is 0 Å². The Morgan fingerprint density at radius 3 is 2.24 bits per heavy atom. The Hall–Kier alpha value is -2.25. The molecule has 1 N–H and O–H groups in total. The topological polar surface area (TPSA) is 100.0 Å². The van der Waals surface area contributed by atoms with Crippen LogP contribution < -0.4 is 5.32 Å². The summed E-state index contributed by atoms with van der Waals surface area (Å²) in [6.45, 7) is 9.24. The maximum absolute atomic E-state index is 13.9. The van der Waals surface area contributed by atoms with E-state index in [9.17, 15) is 24.0 Å². The highest BCUT2D eigenvalue weighted by Crippen LogP contribution is 2.53. The third kappa shape index (κ3) is 6.13. The average molecular weight is 573 g/mol. The fraction of sp³-hybridized carbons (Fsp3) is 0.871. The fourth-order valence-electron chi connectivity index (χ4n) is 8.42. The number of rotatable bonds is 8. The van der Waals surface area contributed by atoms with E-state index in [2.05, 4.69) is 35.0 Å². The molecule has 228 valence electrons. The Balaban J connectivity index is 1.09.